The average Bonchev–Trinajstić information content (AvgIpc) is 3.73. The predicted octanol–water partition coefficient (Wildman–Crippen LogP) is 7.38. The lowest BCUT2D eigenvalue weighted by atomic mass is 10.1. The lowest BCUT2D eigenvalue weighted by Crippen LogP contribution is -2.08. The molecule has 0 radical (unpaired) electrons. The highest BCUT2D eigenvalue weighted by Gasteiger charge is 2.22. The third-order valence-corrected chi connectivity index (χ3v) is 12.0. The summed E-state index contributed by atoms with van der Waals surface area (Å²) in [5, 5.41) is 0.910. The Hall–Kier alpha value is -4.50. The third kappa shape index (κ3) is 7.63. The molecule has 0 fully saturated rings. The van der Waals surface area contributed by atoms with Gasteiger partial charge in [-0.2, -0.15) is 0 Å². The Morgan fingerprint density at radius 1 is 0.600 bits per heavy atom. The predicted molar refractivity (Wildman–Crippen MR) is 200 cm³/mol. The SMILES string of the molecule is COc1ccc2[n-]c(S(C)(O)Cc3ncc(C)c(OC)c3C)nc2c1.COc1ccc2[n-]c(S(C)(O)Cc3ncc(C)c(OC)c3C)nc2c1. The van der Waals surface area contributed by atoms with Crippen LogP contribution in [0.25, 0.3) is 22.1 Å². The molecular formula is C36H44N6O6S2-2. The summed E-state index contributed by atoms with van der Waals surface area (Å²) in [5.41, 5.74) is 8.34. The minimum atomic E-state index is -2.24. The van der Waals surface area contributed by atoms with Crippen molar-refractivity contribution in [2.75, 3.05) is 41.0 Å². The lowest BCUT2D eigenvalue weighted by Gasteiger charge is -2.32. The van der Waals surface area contributed by atoms with Gasteiger partial charge in [-0.15, -0.1) is 20.6 Å². The summed E-state index contributed by atoms with van der Waals surface area (Å²) >= 11 is 0. The summed E-state index contributed by atoms with van der Waals surface area (Å²) in [7, 11) is 2.03. The molecule has 2 N–H and O–H groups in total. The molecule has 4 aromatic heterocycles. The van der Waals surface area contributed by atoms with Crippen molar-refractivity contribution in [3.8, 4) is 23.0 Å². The van der Waals surface area contributed by atoms with Crippen molar-refractivity contribution in [1.29, 1.82) is 0 Å². The average molecular weight is 721 g/mol. The van der Waals surface area contributed by atoms with E-state index in [1.807, 2.05) is 64.1 Å². The van der Waals surface area contributed by atoms with Crippen LogP contribution in [0.3, 0.4) is 0 Å². The molecule has 0 aliphatic rings. The molecule has 0 bridgehead atoms. The summed E-state index contributed by atoms with van der Waals surface area (Å²) in [6.45, 7) is 7.82. The van der Waals surface area contributed by atoms with Crippen LogP contribution in [-0.4, -0.2) is 70.0 Å². The van der Waals surface area contributed by atoms with Crippen LogP contribution in [0.4, 0.5) is 0 Å². The minimum absolute atomic E-state index is 0.378. The molecular weight excluding hydrogens is 677 g/mol. The normalized spacial score (nSPS) is 15.0. The molecule has 6 rings (SSSR count). The van der Waals surface area contributed by atoms with E-state index in [4.69, 9.17) is 18.9 Å². The molecule has 4 heterocycles. The smallest absolute Gasteiger partial charge is 0.128 e. The first-order valence-electron chi connectivity index (χ1n) is 15.6. The quantitative estimate of drug-likeness (QED) is 0.145. The maximum absolute atomic E-state index is 11.1. The molecule has 2 atom stereocenters. The molecule has 12 nitrogen and oxygen atoms in total. The van der Waals surface area contributed by atoms with Crippen LogP contribution < -0.4 is 28.9 Å². The van der Waals surface area contributed by atoms with Crippen LogP contribution in [0.15, 0.2) is 59.1 Å². The molecule has 0 spiro atoms. The number of pyridine rings is 2. The van der Waals surface area contributed by atoms with Gasteiger partial charge in [0.05, 0.1) is 39.8 Å². The molecule has 0 saturated heterocycles. The molecule has 0 saturated carbocycles. The third-order valence-electron chi connectivity index (χ3n) is 8.35. The number of nitrogens with zero attached hydrogens (tertiary/aromatic N) is 6. The van der Waals surface area contributed by atoms with E-state index >= 15 is 0 Å². The summed E-state index contributed by atoms with van der Waals surface area (Å²) in [4.78, 5) is 27.0. The highest BCUT2D eigenvalue weighted by molar-refractivity contribution is 8.28. The second-order valence-electron chi connectivity index (χ2n) is 12.2. The molecule has 14 heteroatoms. The first kappa shape index (κ1) is 36.8. The highest BCUT2D eigenvalue weighted by atomic mass is 32.3. The standard InChI is InChI=1S/2C18H22N3O3S/c2*1-11-9-19-16(12(2)17(11)24-4)10-25(5,22)18-20-14-7-6-13(23-3)8-15(14)21-18/h2*6-9H,10H2,1-5H3,(H-,20,21,22)/q2*-1. The summed E-state index contributed by atoms with van der Waals surface area (Å²) < 4.78 is 43.5. The number of imidazole rings is 2. The van der Waals surface area contributed by atoms with Gasteiger partial charge in [0.1, 0.15) is 23.0 Å². The lowest BCUT2D eigenvalue weighted by molar-refractivity contribution is 0.407. The van der Waals surface area contributed by atoms with Crippen LogP contribution in [-0.2, 0) is 11.5 Å². The van der Waals surface area contributed by atoms with Crippen molar-refractivity contribution in [3.63, 3.8) is 0 Å². The molecule has 0 amide bonds. The molecule has 0 aliphatic carbocycles. The van der Waals surface area contributed by atoms with Crippen LogP contribution in [0.2, 0.25) is 0 Å². The second-order valence-corrected chi connectivity index (χ2v) is 17.7. The number of benzene rings is 2. The largest absolute Gasteiger partial charge is 0.497 e. The van der Waals surface area contributed by atoms with Crippen molar-refractivity contribution in [2.24, 2.45) is 0 Å². The fraction of sp³-hybridized carbons (Fsp3) is 0.333. The van der Waals surface area contributed by atoms with Gasteiger partial charge in [-0.1, -0.05) is 12.1 Å². The van der Waals surface area contributed by atoms with Gasteiger partial charge in [-0.3, -0.25) is 9.97 Å². The number of rotatable bonds is 10. The van der Waals surface area contributed by atoms with Crippen LogP contribution in [0, 0.1) is 27.7 Å². The number of hydrogen-bond donors (Lipinski definition) is 2. The van der Waals surface area contributed by atoms with Gasteiger partial charge >= 0.3 is 0 Å². The number of fused-ring (bicyclic) bond motifs is 2. The topological polar surface area (TPSA) is 157 Å². The van der Waals surface area contributed by atoms with E-state index in [2.05, 4.69) is 29.9 Å². The van der Waals surface area contributed by atoms with Gasteiger partial charge in [0.2, 0.25) is 0 Å². The Balaban J connectivity index is 0.000000194. The minimum Gasteiger partial charge on any atom is -0.497 e. The summed E-state index contributed by atoms with van der Waals surface area (Å²) in [6.07, 6.45) is 7.10. The van der Waals surface area contributed by atoms with Crippen LogP contribution in [0.5, 0.6) is 23.0 Å². The Bertz CT molecular complexity index is 1990. The van der Waals surface area contributed by atoms with Crippen molar-refractivity contribution in [2.45, 2.75) is 49.5 Å². The molecule has 2 aromatic carbocycles. The van der Waals surface area contributed by atoms with Crippen molar-refractivity contribution < 1.29 is 28.1 Å². The maximum Gasteiger partial charge on any atom is 0.128 e. The van der Waals surface area contributed by atoms with E-state index in [1.165, 1.54) is 0 Å². The molecule has 2 unspecified atom stereocenters. The first-order chi connectivity index (χ1) is 23.7. The first-order valence-corrected chi connectivity index (χ1v) is 20.0. The molecule has 50 heavy (non-hydrogen) atoms. The Kier molecular flexibility index (Phi) is 10.9. The fourth-order valence-corrected chi connectivity index (χ4v) is 8.66. The zero-order valence-electron chi connectivity index (χ0n) is 30.1. The van der Waals surface area contributed by atoms with Crippen LogP contribution >= 0.6 is 20.6 Å². The van der Waals surface area contributed by atoms with E-state index in [0.717, 1.165) is 67.7 Å². The highest BCUT2D eigenvalue weighted by Crippen LogP contribution is 2.51. The monoisotopic (exact) mass is 720 g/mol. The Labute approximate surface area is 295 Å². The van der Waals surface area contributed by atoms with Gasteiger partial charge in [0.25, 0.3) is 0 Å². The van der Waals surface area contributed by atoms with Crippen molar-refractivity contribution >= 4 is 42.7 Å². The van der Waals surface area contributed by atoms with Gasteiger partial charge in [-0.25, -0.2) is 0 Å². The zero-order valence-corrected chi connectivity index (χ0v) is 31.7. The van der Waals surface area contributed by atoms with Gasteiger partial charge < -0.3 is 48.0 Å². The summed E-state index contributed by atoms with van der Waals surface area (Å²) in [5.74, 6) is 3.80. The fourth-order valence-electron chi connectivity index (χ4n) is 5.58. The van der Waals surface area contributed by atoms with Gasteiger partial charge in [-0.05, 0) is 96.9 Å². The zero-order chi connectivity index (χ0) is 36.4. The van der Waals surface area contributed by atoms with Gasteiger partial charge in [0, 0.05) is 46.2 Å². The van der Waals surface area contributed by atoms with E-state index in [0.29, 0.717) is 32.9 Å². The number of aryl methyl sites for hydroxylation is 2. The number of methoxy groups -OCH3 is 4. The van der Waals surface area contributed by atoms with Crippen LogP contribution in [0.1, 0.15) is 33.6 Å². The van der Waals surface area contributed by atoms with Crippen molar-refractivity contribution in [3.05, 3.63) is 82.4 Å². The Morgan fingerprint density at radius 2 is 0.980 bits per heavy atom. The van der Waals surface area contributed by atoms with E-state index in [9.17, 15) is 9.11 Å². The van der Waals surface area contributed by atoms with Crippen molar-refractivity contribution in [1.82, 2.24) is 29.9 Å². The number of hydrogen-bond acceptors (Lipinski definition) is 10. The number of ether oxygens (including phenoxy) is 4. The maximum atomic E-state index is 11.1. The van der Waals surface area contributed by atoms with Gasteiger partial charge in [0.15, 0.2) is 0 Å². The molecule has 0 aliphatic heterocycles. The summed E-state index contributed by atoms with van der Waals surface area (Å²) in [6, 6.07) is 11.0. The second kappa shape index (κ2) is 14.8. The van der Waals surface area contributed by atoms with E-state index < -0.39 is 20.6 Å². The van der Waals surface area contributed by atoms with E-state index in [-0.39, 0.29) is 0 Å². The molecule has 268 valence electrons. The van der Waals surface area contributed by atoms with E-state index in [1.54, 1.807) is 53.3 Å². The Morgan fingerprint density at radius 3 is 1.32 bits per heavy atom. The molecule has 6 aromatic rings. The number of aromatic nitrogens is 6.